The molecule has 88 valence electrons. The Morgan fingerprint density at radius 2 is 2.35 bits per heavy atom. The van der Waals surface area contributed by atoms with Crippen molar-refractivity contribution < 1.29 is 4.74 Å². The van der Waals surface area contributed by atoms with Gasteiger partial charge < -0.3 is 10.1 Å². The van der Waals surface area contributed by atoms with Crippen LogP contribution in [0.25, 0.3) is 10.1 Å². The molecule has 0 saturated heterocycles. The summed E-state index contributed by atoms with van der Waals surface area (Å²) in [6.45, 7) is 0.875. The average molecular weight is 245 g/mol. The van der Waals surface area contributed by atoms with Crippen LogP contribution < -0.4 is 5.32 Å². The van der Waals surface area contributed by atoms with Crippen LogP contribution in [0.2, 0.25) is 0 Å². The number of allylic oxidation sites excluding steroid dienone is 1. The lowest BCUT2D eigenvalue weighted by molar-refractivity contribution is 0.135. The summed E-state index contributed by atoms with van der Waals surface area (Å²) < 4.78 is 6.87. The molecule has 0 amide bonds. The first-order valence-electron chi connectivity index (χ1n) is 5.93. The molecule has 1 aromatic heterocycles. The minimum atomic E-state index is 0.304. The molecule has 0 bridgehead atoms. The van der Waals surface area contributed by atoms with Gasteiger partial charge >= 0.3 is 0 Å². The predicted octanol–water partition coefficient (Wildman–Crippen LogP) is 4.01. The summed E-state index contributed by atoms with van der Waals surface area (Å²) in [6, 6.07) is 8.66. The van der Waals surface area contributed by atoms with Crippen LogP contribution in [0, 0.1) is 0 Å². The Morgan fingerprint density at radius 3 is 3.24 bits per heavy atom. The molecule has 1 aliphatic rings. The topological polar surface area (TPSA) is 21.3 Å². The molecule has 0 spiro atoms. The zero-order valence-electron chi connectivity index (χ0n) is 9.56. The molecule has 1 unspecified atom stereocenters. The molecule has 2 aromatic rings. The summed E-state index contributed by atoms with van der Waals surface area (Å²) in [4.78, 5) is 0. The third-order valence-electron chi connectivity index (χ3n) is 3.01. The highest BCUT2D eigenvalue weighted by atomic mass is 32.1. The lowest BCUT2D eigenvalue weighted by atomic mass is 10.1. The van der Waals surface area contributed by atoms with E-state index in [2.05, 4.69) is 41.0 Å². The molecule has 0 radical (unpaired) electrons. The van der Waals surface area contributed by atoms with E-state index in [1.807, 2.05) is 6.26 Å². The molecular formula is C14H15NOS. The van der Waals surface area contributed by atoms with Crippen LogP contribution in [-0.4, -0.2) is 12.6 Å². The van der Waals surface area contributed by atoms with E-state index in [0.29, 0.717) is 6.10 Å². The molecule has 1 N–H and O–H groups in total. The van der Waals surface area contributed by atoms with Crippen molar-refractivity contribution in [2.24, 2.45) is 0 Å². The summed E-state index contributed by atoms with van der Waals surface area (Å²) in [5.74, 6) is 0. The van der Waals surface area contributed by atoms with Crippen molar-refractivity contribution in [2.45, 2.75) is 18.9 Å². The quantitative estimate of drug-likeness (QED) is 0.882. The lowest BCUT2D eigenvalue weighted by Gasteiger charge is -2.20. The number of benzene rings is 1. The minimum absolute atomic E-state index is 0.304. The highest BCUT2D eigenvalue weighted by Crippen LogP contribution is 2.24. The maximum absolute atomic E-state index is 5.53. The predicted molar refractivity (Wildman–Crippen MR) is 73.6 cm³/mol. The maximum Gasteiger partial charge on any atom is 0.115 e. The van der Waals surface area contributed by atoms with E-state index >= 15 is 0 Å². The van der Waals surface area contributed by atoms with Gasteiger partial charge in [-0.25, -0.2) is 0 Å². The van der Waals surface area contributed by atoms with Gasteiger partial charge in [-0.05, 0) is 53.9 Å². The second kappa shape index (κ2) is 4.80. The SMILES string of the molecule is C1=COC(CNc2ccc3sccc3c2)CC1. The van der Waals surface area contributed by atoms with E-state index in [0.717, 1.165) is 19.4 Å². The van der Waals surface area contributed by atoms with Crippen molar-refractivity contribution in [3.05, 3.63) is 42.0 Å². The van der Waals surface area contributed by atoms with Crippen LogP contribution in [0.5, 0.6) is 0 Å². The summed E-state index contributed by atoms with van der Waals surface area (Å²) >= 11 is 1.78. The van der Waals surface area contributed by atoms with Gasteiger partial charge in [0.1, 0.15) is 6.10 Å². The molecule has 3 heteroatoms. The molecule has 0 saturated carbocycles. The van der Waals surface area contributed by atoms with Crippen LogP contribution in [0.1, 0.15) is 12.8 Å². The molecule has 2 heterocycles. The molecule has 1 aromatic carbocycles. The smallest absolute Gasteiger partial charge is 0.115 e. The Labute approximate surface area is 105 Å². The Morgan fingerprint density at radius 1 is 1.35 bits per heavy atom. The average Bonchev–Trinajstić information content (AvgIpc) is 2.85. The normalized spacial score (nSPS) is 19.2. The fraction of sp³-hybridized carbons (Fsp3) is 0.286. The second-order valence-corrected chi connectivity index (χ2v) is 5.21. The summed E-state index contributed by atoms with van der Waals surface area (Å²) in [5.41, 5.74) is 1.18. The van der Waals surface area contributed by atoms with Gasteiger partial charge in [0.05, 0.1) is 12.8 Å². The highest BCUT2D eigenvalue weighted by molar-refractivity contribution is 7.17. The van der Waals surface area contributed by atoms with Crippen molar-refractivity contribution in [1.82, 2.24) is 0 Å². The fourth-order valence-corrected chi connectivity index (χ4v) is 2.81. The van der Waals surface area contributed by atoms with Gasteiger partial charge in [0.2, 0.25) is 0 Å². The van der Waals surface area contributed by atoms with Gasteiger partial charge in [-0.2, -0.15) is 0 Å². The van der Waals surface area contributed by atoms with Gasteiger partial charge in [-0.1, -0.05) is 0 Å². The molecule has 1 aliphatic heterocycles. The Hall–Kier alpha value is -1.48. The number of hydrogen-bond donors (Lipinski definition) is 1. The fourth-order valence-electron chi connectivity index (χ4n) is 2.04. The Bertz CT molecular complexity index is 532. The van der Waals surface area contributed by atoms with Crippen LogP contribution in [-0.2, 0) is 4.74 Å². The second-order valence-electron chi connectivity index (χ2n) is 4.26. The van der Waals surface area contributed by atoms with Crippen LogP contribution in [0.4, 0.5) is 5.69 Å². The summed E-state index contributed by atoms with van der Waals surface area (Å²) in [6.07, 6.45) is 6.42. The zero-order valence-corrected chi connectivity index (χ0v) is 10.4. The van der Waals surface area contributed by atoms with Crippen LogP contribution in [0.3, 0.4) is 0 Å². The minimum Gasteiger partial charge on any atom is -0.497 e. The van der Waals surface area contributed by atoms with Crippen molar-refractivity contribution in [2.75, 3.05) is 11.9 Å². The highest BCUT2D eigenvalue weighted by Gasteiger charge is 2.10. The standard InChI is InChI=1S/C14H15NOS/c1-2-7-16-13(3-1)10-15-12-4-5-14-11(9-12)6-8-17-14/h2,4-9,13,15H,1,3,10H2. The molecule has 0 fully saturated rings. The molecular weight excluding hydrogens is 230 g/mol. The first-order chi connectivity index (χ1) is 8.42. The number of ether oxygens (including phenoxy) is 1. The van der Waals surface area contributed by atoms with Gasteiger partial charge in [0.15, 0.2) is 0 Å². The Balaban J connectivity index is 1.65. The van der Waals surface area contributed by atoms with E-state index in [1.54, 1.807) is 11.3 Å². The van der Waals surface area contributed by atoms with Gasteiger partial charge in [-0.15, -0.1) is 11.3 Å². The van der Waals surface area contributed by atoms with Gasteiger partial charge in [-0.3, -0.25) is 0 Å². The van der Waals surface area contributed by atoms with Crippen molar-refractivity contribution in [1.29, 1.82) is 0 Å². The molecule has 0 aliphatic carbocycles. The zero-order chi connectivity index (χ0) is 11.5. The van der Waals surface area contributed by atoms with E-state index < -0.39 is 0 Å². The van der Waals surface area contributed by atoms with Crippen molar-refractivity contribution >= 4 is 27.1 Å². The monoisotopic (exact) mass is 245 g/mol. The number of anilines is 1. The van der Waals surface area contributed by atoms with Crippen LogP contribution in [0.15, 0.2) is 42.0 Å². The van der Waals surface area contributed by atoms with E-state index in [4.69, 9.17) is 4.74 Å². The third kappa shape index (κ3) is 2.44. The largest absolute Gasteiger partial charge is 0.497 e. The third-order valence-corrected chi connectivity index (χ3v) is 3.91. The first kappa shape index (κ1) is 10.7. The lowest BCUT2D eigenvalue weighted by Crippen LogP contribution is -2.22. The number of fused-ring (bicyclic) bond motifs is 1. The molecule has 1 atom stereocenters. The maximum atomic E-state index is 5.53. The van der Waals surface area contributed by atoms with Crippen LogP contribution >= 0.6 is 11.3 Å². The van der Waals surface area contributed by atoms with E-state index in [9.17, 15) is 0 Å². The van der Waals surface area contributed by atoms with Gasteiger partial charge in [0.25, 0.3) is 0 Å². The molecule has 2 nitrogen and oxygen atoms in total. The summed E-state index contributed by atoms with van der Waals surface area (Å²) in [7, 11) is 0. The van der Waals surface area contributed by atoms with Crippen molar-refractivity contribution in [3.8, 4) is 0 Å². The number of nitrogens with one attached hydrogen (secondary N) is 1. The van der Waals surface area contributed by atoms with E-state index in [-0.39, 0.29) is 0 Å². The number of rotatable bonds is 3. The Kier molecular flexibility index (Phi) is 3.01. The molecule has 17 heavy (non-hydrogen) atoms. The number of hydrogen-bond acceptors (Lipinski definition) is 3. The number of thiophene rings is 1. The van der Waals surface area contributed by atoms with Crippen molar-refractivity contribution in [3.63, 3.8) is 0 Å². The molecule has 3 rings (SSSR count). The summed E-state index contributed by atoms with van der Waals surface area (Å²) in [5, 5.41) is 6.88. The first-order valence-corrected chi connectivity index (χ1v) is 6.81. The van der Waals surface area contributed by atoms with E-state index in [1.165, 1.54) is 15.8 Å². The van der Waals surface area contributed by atoms with Gasteiger partial charge in [0, 0.05) is 10.4 Å².